The van der Waals surface area contributed by atoms with Crippen LogP contribution in [0.4, 0.5) is 5.69 Å². The van der Waals surface area contributed by atoms with Gasteiger partial charge < -0.3 is 9.64 Å². The zero-order valence-electron chi connectivity index (χ0n) is 18.8. The number of carbonyl (C=O) groups is 1. The lowest BCUT2D eigenvalue weighted by Gasteiger charge is -2.27. The van der Waals surface area contributed by atoms with Gasteiger partial charge in [0.1, 0.15) is 5.75 Å². The molecule has 0 aliphatic carbocycles. The van der Waals surface area contributed by atoms with E-state index < -0.39 is 9.84 Å². The number of thioether (sulfide) groups is 1. The highest BCUT2D eigenvalue weighted by Gasteiger charge is 2.50. The van der Waals surface area contributed by atoms with Crippen molar-refractivity contribution in [1.29, 1.82) is 0 Å². The third-order valence-electron chi connectivity index (χ3n) is 6.01. The first-order chi connectivity index (χ1) is 15.7. The van der Waals surface area contributed by atoms with Gasteiger partial charge in [-0.1, -0.05) is 49.3 Å². The molecule has 0 aromatic heterocycles. The number of benzene rings is 2. The molecule has 0 bridgehead atoms. The van der Waals surface area contributed by atoms with Crippen LogP contribution >= 0.6 is 23.4 Å². The summed E-state index contributed by atoms with van der Waals surface area (Å²) < 4.78 is 31.1. The van der Waals surface area contributed by atoms with Crippen molar-refractivity contribution in [2.75, 3.05) is 16.4 Å². The molecule has 2 aliphatic rings. The molecule has 2 atom stereocenters. The molecule has 2 aromatic carbocycles. The highest BCUT2D eigenvalue weighted by atomic mass is 35.5. The van der Waals surface area contributed by atoms with Crippen LogP contribution in [0.3, 0.4) is 0 Å². The second-order valence-electron chi connectivity index (χ2n) is 8.45. The predicted octanol–water partition coefficient (Wildman–Crippen LogP) is 5.48. The number of rotatable bonds is 6. The third kappa shape index (κ3) is 5.23. The summed E-state index contributed by atoms with van der Waals surface area (Å²) in [4.78, 5) is 19.2. The van der Waals surface area contributed by atoms with Gasteiger partial charge in [-0.15, -0.1) is 0 Å². The summed E-state index contributed by atoms with van der Waals surface area (Å²) in [5.41, 5.74) is 1.66. The van der Waals surface area contributed by atoms with E-state index in [0.717, 1.165) is 5.56 Å². The number of anilines is 1. The molecule has 9 heteroatoms. The Balaban J connectivity index is 1.79. The molecule has 0 saturated carbocycles. The van der Waals surface area contributed by atoms with Gasteiger partial charge >= 0.3 is 0 Å². The van der Waals surface area contributed by atoms with E-state index >= 15 is 0 Å². The van der Waals surface area contributed by atoms with Gasteiger partial charge in [0.15, 0.2) is 20.8 Å². The second kappa shape index (κ2) is 9.68. The van der Waals surface area contributed by atoms with E-state index in [2.05, 4.69) is 4.99 Å². The second-order valence-corrected chi connectivity index (χ2v) is 12.2. The first-order valence-electron chi connectivity index (χ1n) is 11.0. The van der Waals surface area contributed by atoms with Gasteiger partial charge in [0.05, 0.1) is 23.2 Å². The van der Waals surface area contributed by atoms with E-state index in [-0.39, 0.29) is 34.6 Å². The van der Waals surface area contributed by atoms with Crippen LogP contribution in [-0.4, -0.2) is 42.3 Å². The van der Waals surface area contributed by atoms with Crippen LogP contribution in [0.15, 0.2) is 47.5 Å². The Morgan fingerprint density at radius 2 is 1.97 bits per heavy atom. The Hall–Kier alpha value is -2.03. The standard InChI is InChI=1S/C24H27ClN2O4S2/c1-4-16(5-2)23(28)26-24-27(20-13-33(29,30)14-22(20)32-24)19-12-17(25)9-10-21(19)31-18-8-6-7-15(3)11-18/h6-12,16,20,22H,4-5,13-14H2,1-3H3/t20-,22-/m1/s1. The summed E-state index contributed by atoms with van der Waals surface area (Å²) in [6.07, 6.45) is 1.41. The number of carbonyl (C=O) groups excluding carboxylic acids is 1. The summed E-state index contributed by atoms with van der Waals surface area (Å²) >= 11 is 7.71. The molecule has 33 heavy (non-hydrogen) atoms. The number of hydrogen-bond acceptors (Lipinski definition) is 5. The summed E-state index contributed by atoms with van der Waals surface area (Å²) in [5, 5.41) is 0.795. The molecule has 0 unspecified atom stereocenters. The van der Waals surface area contributed by atoms with Crippen molar-refractivity contribution in [3.05, 3.63) is 53.1 Å². The maximum Gasteiger partial charge on any atom is 0.251 e. The zero-order chi connectivity index (χ0) is 23.8. The Morgan fingerprint density at radius 3 is 2.67 bits per heavy atom. The Kier molecular flexibility index (Phi) is 7.07. The van der Waals surface area contributed by atoms with Crippen LogP contribution in [0.2, 0.25) is 5.02 Å². The minimum atomic E-state index is -3.19. The quantitative estimate of drug-likeness (QED) is 0.516. The van der Waals surface area contributed by atoms with Crippen molar-refractivity contribution in [3.63, 3.8) is 0 Å². The molecule has 2 fully saturated rings. The molecule has 0 spiro atoms. The summed E-state index contributed by atoms with van der Waals surface area (Å²) in [6.45, 7) is 5.92. The van der Waals surface area contributed by atoms with Gasteiger partial charge in [-0.25, -0.2) is 8.42 Å². The first-order valence-corrected chi connectivity index (χ1v) is 14.1. The van der Waals surface area contributed by atoms with E-state index in [9.17, 15) is 13.2 Å². The topological polar surface area (TPSA) is 76.0 Å². The van der Waals surface area contributed by atoms with Crippen LogP contribution in [-0.2, 0) is 14.6 Å². The SMILES string of the molecule is CCC(CC)C(=O)N=C1S[C@@H]2CS(=O)(=O)C[C@H]2N1c1cc(Cl)ccc1Oc1cccc(C)c1. The number of sulfone groups is 1. The molecule has 4 rings (SSSR count). The van der Waals surface area contributed by atoms with Gasteiger partial charge in [0.25, 0.3) is 5.91 Å². The minimum Gasteiger partial charge on any atom is -0.455 e. The molecule has 176 valence electrons. The van der Waals surface area contributed by atoms with E-state index in [4.69, 9.17) is 16.3 Å². The Morgan fingerprint density at radius 1 is 1.21 bits per heavy atom. The smallest absolute Gasteiger partial charge is 0.251 e. The molecule has 6 nitrogen and oxygen atoms in total. The first kappa shape index (κ1) is 24.1. The monoisotopic (exact) mass is 506 g/mol. The lowest BCUT2D eigenvalue weighted by atomic mass is 10.0. The van der Waals surface area contributed by atoms with Crippen molar-refractivity contribution in [2.24, 2.45) is 10.9 Å². The number of aryl methyl sites for hydroxylation is 1. The zero-order valence-corrected chi connectivity index (χ0v) is 21.2. The minimum absolute atomic E-state index is 0.000734. The van der Waals surface area contributed by atoms with Crippen molar-refractivity contribution in [2.45, 2.75) is 44.9 Å². The number of amidine groups is 1. The number of ether oxygens (including phenoxy) is 1. The number of halogens is 1. The van der Waals surface area contributed by atoms with Crippen LogP contribution in [0.25, 0.3) is 0 Å². The Bertz CT molecular complexity index is 1190. The fraction of sp³-hybridized carbons (Fsp3) is 0.417. The number of amides is 1. The molecule has 2 aromatic rings. The van der Waals surface area contributed by atoms with E-state index in [1.54, 1.807) is 18.2 Å². The molecular weight excluding hydrogens is 480 g/mol. The summed E-state index contributed by atoms with van der Waals surface area (Å²) in [7, 11) is -3.19. The fourth-order valence-corrected chi connectivity index (χ4v) is 8.32. The highest BCUT2D eigenvalue weighted by molar-refractivity contribution is 8.16. The highest BCUT2D eigenvalue weighted by Crippen LogP contribution is 2.45. The van der Waals surface area contributed by atoms with E-state index in [0.29, 0.717) is 40.2 Å². The van der Waals surface area contributed by atoms with Gasteiger partial charge in [-0.2, -0.15) is 4.99 Å². The predicted molar refractivity (Wildman–Crippen MR) is 136 cm³/mol. The average Bonchev–Trinajstić information content (AvgIpc) is 3.21. The molecule has 2 heterocycles. The summed E-state index contributed by atoms with van der Waals surface area (Å²) in [5.74, 6) is 0.904. The lowest BCUT2D eigenvalue weighted by molar-refractivity contribution is -0.121. The van der Waals surface area contributed by atoms with Gasteiger partial charge in [-0.3, -0.25) is 4.79 Å². The van der Waals surface area contributed by atoms with Crippen molar-refractivity contribution in [1.82, 2.24) is 0 Å². The van der Waals surface area contributed by atoms with Crippen LogP contribution < -0.4 is 9.64 Å². The van der Waals surface area contributed by atoms with Gasteiger partial charge in [-0.05, 0) is 55.7 Å². The van der Waals surface area contributed by atoms with Crippen molar-refractivity contribution in [3.8, 4) is 11.5 Å². The molecular formula is C24H27ClN2O4S2. The van der Waals surface area contributed by atoms with Gasteiger partial charge in [0.2, 0.25) is 0 Å². The largest absolute Gasteiger partial charge is 0.455 e. The normalized spacial score (nSPS) is 22.7. The number of aliphatic imine (C=N–C) groups is 1. The van der Waals surface area contributed by atoms with E-state index in [1.807, 2.05) is 49.9 Å². The van der Waals surface area contributed by atoms with Gasteiger partial charge in [0, 0.05) is 16.2 Å². The van der Waals surface area contributed by atoms with E-state index in [1.165, 1.54) is 11.8 Å². The maximum absolute atomic E-state index is 12.9. The molecule has 0 radical (unpaired) electrons. The average molecular weight is 507 g/mol. The lowest BCUT2D eigenvalue weighted by Crippen LogP contribution is -2.38. The Labute approximate surface area is 204 Å². The molecule has 2 aliphatic heterocycles. The van der Waals surface area contributed by atoms with Crippen molar-refractivity contribution < 1.29 is 17.9 Å². The third-order valence-corrected chi connectivity index (χ3v) is 9.45. The number of hydrogen-bond donors (Lipinski definition) is 0. The summed E-state index contributed by atoms with van der Waals surface area (Å²) in [6, 6.07) is 12.6. The van der Waals surface area contributed by atoms with Crippen LogP contribution in [0.5, 0.6) is 11.5 Å². The fourth-order valence-electron chi connectivity index (χ4n) is 4.24. The maximum atomic E-state index is 12.9. The molecule has 1 amide bonds. The van der Waals surface area contributed by atoms with Crippen LogP contribution in [0.1, 0.15) is 32.3 Å². The molecule has 0 N–H and O–H groups in total. The number of nitrogens with zero attached hydrogens (tertiary/aromatic N) is 2. The van der Waals surface area contributed by atoms with Crippen LogP contribution in [0, 0.1) is 12.8 Å². The molecule has 2 saturated heterocycles. The van der Waals surface area contributed by atoms with Crippen molar-refractivity contribution >= 4 is 50.0 Å². The number of fused-ring (bicyclic) bond motifs is 1.